The Morgan fingerprint density at radius 1 is 1.33 bits per heavy atom. The van der Waals surface area contributed by atoms with Gasteiger partial charge < -0.3 is 15.4 Å². The minimum Gasteiger partial charge on any atom is -0.377 e. The number of rotatable bonds is 5. The van der Waals surface area contributed by atoms with E-state index >= 15 is 0 Å². The zero-order valence-electron chi connectivity index (χ0n) is 12.7. The Hall–Kier alpha value is -1.04. The van der Waals surface area contributed by atoms with Crippen LogP contribution in [0.2, 0.25) is 0 Å². The maximum absolute atomic E-state index is 13.2. The largest absolute Gasteiger partial charge is 0.377 e. The monoisotopic (exact) mass is 298 g/mol. The van der Waals surface area contributed by atoms with Gasteiger partial charge in [0.1, 0.15) is 11.6 Å². The first-order valence-electron chi connectivity index (χ1n) is 7.41. The zero-order chi connectivity index (χ0) is 15.5. The third-order valence-electron chi connectivity index (χ3n) is 4.30. The van der Waals surface area contributed by atoms with Crippen LogP contribution < -0.4 is 5.73 Å². The third-order valence-corrected chi connectivity index (χ3v) is 4.30. The summed E-state index contributed by atoms with van der Waals surface area (Å²) in [6.07, 6.45) is 2.82. The molecule has 2 unspecified atom stereocenters. The van der Waals surface area contributed by atoms with Crippen LogP contribution in [0.25, 0.3) is 0 Å². The first-order valence-corrected chi connectivity index (χ1v) is 7.41. The first kappa shape index (κ1) is 16.3. The molecule has 0 spiro atoms. The average Bonchev–Trinajstić information content (AvgIpc) is 2.44. The molecule has 0 radical (unpaired) electrons. The predicted octanol–water partition coefficient (Wildman–Crippen LogP) is 2.86. The zero-order valence-corrected chi connectivity index (χ0v) is 12.7. The van der Waals surface area contributed by atoms with Crippen molar-refractivity contribution in [3.8, 4) is 0 Å². The number of nitrogens with zero attached hydrogens (tertiary/aromatic N) is 1. The standard InChI is InChI=1S/C16H24F2N2O/c1-16(21-2)5-3-6-20(11-16)7-4-15(19)12-8-13(17)10-14(18)9-12/h8-10,15H,3-7,11,19H2,1-2H3. The Kier molecular flexibility index (Phi) is 5.30. The van der Waals surface area contributed by atoms with E-state index in [0.29, 0.717) is 12.0 Å². The number of hydrogen-bond donors (Lipinski definition) is 1. The topological polar surface area (TPSA) is 38.5 Å². The molecule has 1 heterocycles. The number of benzene rings is 1. The van der Waals surface area contributed by atoms with Gasteiger partial charge in [0, 0.05) is 32.3 Å². The molecule has 0 aliphatic carbocycles. The fraction of sp³-hybridized carbons (Fsp3) is 0.625. The Morgan fingerprint density at radius 3 is 2.62 bits per heavy atom. The molecule has 21 heavy (non-hydrogen) atoms. The fourth-order valence-electron chi connectivity index (χ4n) is 2.94. The summed E-state index contributed by atoms with van der Waals surface area (Å²) >= 11 is 0. The second-order valence-corrected chi connectivity index (χ2v) is 6.13. The van der Waals surface area contributed by atoms with Crippen LogP contribution in [-0.4, -0.2) is 37.2 Å². The molecule has 2 rings (SSSR count). The summed E-state index contributed by atoms with van der Waals surface area (Å²) in [5, 5.41) is 0. The van der Waals surface area contributed by atoms with Gasteiger partial charge in [-0.05, 0) is 50.4 Å². The summed E-state index contributed by atoms with van der Waals surface area (Å²) in [7, 11) is 1.74. The van der Waals surface area contributed by atoms with Gasteiger partial charge in [-0.3, -0.25) is 0 Å². The van der Waals surface area contributed by atoms with Crippen molar-refractivity contribution in [3.63, 3.8) is 0 Å². The van der Waals surface area contributed by atoms with Gasteiger partial charge in [-0.25, -0.2) is 8.78 Å². The summed E-state index contributed by atoms with van der Waals surface area (Å²) in [4.78, 5) is 2.31. The maximum atomic E-state index is 13.2. The first-order chi connectivity index (χ1) is 9.92. The molecule has 1 aromatic rings. The van der Waals surface area contributed by atoms with Crippen molar-refractivity contribution in [1.82, 2.24) is 4.90 Å². The molecule has 1 fully saturated rings. The van der Waals surface area contributed by atoms with Crippen molar-refractivity contribution in [2.45, 2.75) is 37.8 Å². The van der Waals surface area contributed by atoms with Crippen molar-refractivity contribution >= 4 is 0 Å². The van der Waals surface area contributed by atoms with E-state index in [9.17, 15) is 8.78 Å². The molecule has 5 heteroatoms. The van der Waals surface area contributed by atoms with E-state index in [2.05, 4.69) is 11.8 Å². The summed E-state index contributed by atoms with van der Waals surface area (Å²) in [6, 6.07) is 3.13. The number of hydrogen-bond acceptors (Lipinski definition) is 3. The van der Waals surface area contributed by atoms with Crippen molar-refractivity contribution in [2.24, 2.45) is 5.73 Å². The Labute approximate surface area is 125 Å². The number of piperidine rings is 1. The molecule has 0 saturated carbocycles. The van der Waals surface area contributed by atoms with Crippen LogP contribution in [0.1, 0.15) is 37.8 Å². The molecule has 2 N–H and O–H groups in total. The Balaban J connectivity index is 1.90. The molecule has 1 saturated heterocycles. The van der Waals surface area contributed by atoms with Crippen LogP contribution in [0.15, 0.2) is 18.2 Å². The lowest BCUT2D eigenvalue weighted by atomic mass is 9.94. The lowest BCUT2D eigenvalue weighted by molar-refractivity contribution is -0.0510. The van der Waals surface area contributed by atoms with E-state index in [-0.39, 0.29) is 11.6 Å². The molecule has 1 aliphatic heterocycles. The highest BCUT2D eigenvalue weighted by atomic mass is 19.1. The van der Waals surface area contributed by atoms with Crippen LogP contribution in [0.4, 0.5) is 8.78 Å². The average molecular weight is 298 g/mol. The maximum Gasteiger partial charge on any atom is 0.126 e. The summed E-state index contributed by atoms with van der Waals surface area (Å²) in [6.45, 7) is 4.80. The van der Waals surface area contributed by atoms with Crippen LogP contribution in [0.3, 0.4) is 0 Å². The Bertz CT molecular complexity index is 463. The van der Waals surface area contributed by atoms with Gasteiger partial charge in [0.25, 0.3) is 0 Å². The van der Waals surface area contributed by atoms with Gasteiger partial charge in [-0.2, -0.15) is 0 Å². The third kappa shape index (κ3) is 4.46. The number of nitrogens with two attached hydrogens (primary N) is 1. The van der Waals surface area contributed by atoms with Gasteiger partial charge in [0.15, 0.2) is 0 Å². The van der Waals surface area contributed by atoms with E-state index < -0.39 is 11.6 Å². The van der Waals surface area contributed by atoms with Gasteiger partial charge in [-0.1, -0.05) is 0 Å². The molecule has 1 aromatic carbocycles. The molecule has 0 bridgehead atoms. The second-order valence-electron chi connectivity index (χ2n) is 6.13. The highest BCUT2D eigenvalue weighted by molar-refractivity contribution is 5.21. The van der Waals surface area contributed by atoms with Gasteiger partial charge in [-0.15, -0.1) is 0 Å². The number of methoxy groups -OCH3 is 1. The van der Waals surface area contributed by atoms with E-state index in [0.717, 1.165) is 38.5 Å². The number of ether oxygens (including phenoxy) is 1. The smallest absolute Gasteiger partial charge is 0.126 e. The number of likely N-dealkylation sites (tertiary alicyclic amines) is 1. The van der Waals surface area contributed by atoms with E-state index in [1.807, 2.05) is 0 Å². The van der Waals surface area contributed by atoms with Gasteiger partial charge in [0.2, 0.25) is 0 Å². The SMILES string of the molecule is COC1(C)CCCN(CCC(N)c2cc(F)cc(F)c2)C1. The van der Waals surface area contributed by atoms with Crippen LogP contribution in [0, 0.1) is 11.6 Å². The van der Waals surface area contributed by atoms with E-state index in [1.165, 1.54) is 12.1 Å². The van der Waals surface area contributed by atoms with E-state index in [4.69, 9.17) is 10.5 Å². The quantitative estimate of drug-likeness (QED) is 0.908. The summed E-state index contributed by atoms with van der Waals surface area (Å²) in [5.74, 6) is -1.16. The van der Waals surface area contributed by atoms with Gasteiger partial charge in [0.05, 0.1) is 5.60 Å². The molecule has 0 aromatic heterocycles. The summed E-state index contributed by atoms with van der Waals surface area (Å²) < 4.78 is 32.0. The van der Waals surface area contributed by atoms with Gasteiger partial charge >= 0.3 is 0 Å². The van der Waals surface area contributed by atoms with Crippen LogP contribution in [0.5, 0.6) is 0 Å². The molecule has 1 aliphatic rings. The highest BCUT2D eigenvalue weighted by Crippen LogP contribution is 2.25. The molecular formula is C16H24F2N2O. The predicted molar refractivity (Wildman–Crippen MR) is 79.0 cm³/mol. The second kappa shape index (κ2) is 6.81. The number of halogens is 2. The minimum absolute atomic E-state index is 0.104. The van der Waals surface area contributed by atoms with Crippen molar-refractivity contribution in [1.29, 1.82) is 0 Å². The normalized spacial score (nSPS) is 25.0. The van der Waals surface area contributed by atoms with E-state index in [1.54, 1.807) is 7.11 Å². The molecule has 2 atom stereocenters. The van der Waals surface area contributed by atoms with Crippen molar-refractivity contribution in [2.75, 3.05) is 26.7 Å². The Morgan fingerprint density at radius 2 is 2.00 bits per heavy atom. The molecular weight excluding hydrogens is 274 g/mol. The van der Waals surface area contributed by atoms with Crippen molar-refractivity contribution in [3.05, 3.63) is 35.4 Å². The van der Waals surface area contributed by atoms with Crippen molar-refractivity contribution < 1.29 is 13.5 Å². The molecule has 0 amide bonds. The van der Waals surface area contributed by atoms with Crippen LogP contribution in [-0.2, 0) is 4.74 Å². The lowest BCUT2D eigenvalue weighted by Crippen LogP contribution is -2.47. The minimum atomic E-state index is -0.578. The lowest BCUT2D eigenvalue weighted by Gasteiger charge is -2.39. The fourth-order valence-corrected chi connectivity index (χ4v) is 2.94. The summed E-state index contributed by atoms with van der Waals surface area (Å²) in [5.41, 5.74) is 6.47. The molecule has 118 valence electrons. The molecule has 3 nitrogen and oxygen atoms in total. The highest BCUT2D eigenvalue weighted by Gasteiger charge is 2.30. The van der Waals surface area contributed by atoms with Crippen LogP contribution >= 0.6 is 0 Å².